The number of carbonyl (C=O) groups is 2. The SMILES string of the molecule is CCN(CC(=O)O)C(=O)CCc1ccc(OC)c(Cl)c1. The van der Waals surface area contributed by atoms with Crippen LogP contribution in [-0.2, 0) is 16.0 Å². The van der Waals surface area contributed by atoms with E-state index < -0.39 is 5.97 Å². The summed E-state index contributed by atoms with van der Waals surface area (Å²) >= 11 is 6.01. The number of ether oxygens (including phenoxy) is 1. The highest BCUT2D eigenvalue weighted by atomic mass is 35.5. The van der Waals surface area contributed by atoms with Gasteiger partial charge in [-0.3, -0.25) is 9.59 Å². The van der Waals surface area contributed by atoms with Gasteiger partial charge in [0.05, 0.1) is 12.1 Å². The molecule has 5 nitrogen and oxygen atoms in total. The highest BCUT2D eigenvalue weighted by Crippen LogP contribution is 2.25. The van der Waals surface area contributed by atoms with Crippen molar-refractivity contribution in [3.8, 4) is 5.75 Å². The molecule has 6 heteroatoms. The first-order chi connectivity index (χ1) is 9.47. The third kappa shape index (κ3) is 4.74. The number of aliphatic carboxylic acids is 1. The topological polar surface area (TPSA) is 66.8 Å². The second kappa shape index (κ2) is 7.75. The molecule has 1 amide bonds. The van der Waals surface area contributed by atoms with Crippen molar-refractivity contribution in [3.63, 3.8) is 0 Å². The minimum Gasteiger partial charge on any atom is -0.495 e. The van der Waals surface area contributed by atoms with Gasteiger partial charge in [0.2, 0.25) is 5.91 Å². The largest absolute Gasteiger partial charge is 0.495 e. The third-order valence-corrected chi connectivity index (χ3v) is 3.20. The van der Waals surface area contributed by atoms with Gasteiger partial charge in [-0.2, -0.15) is 0 Å². The highest BCUT2D eigenvalue weighted by Gasteiger charge is 2.14. The van der Waals surface area contributed by atoms with E-state index in [1.54, 1.807) is 19.1 Å². The normalized spacial score (nSPS) is 10.2. The molecule has 1 aromatic rings. The summed E-state index contributed by atoms with van der Waals surface area (Å²) in [7, 11) is 1.54. The molecule has 0 aliphatic carbocycles. The number of rotatable bonds is 7. The number of carbonyl (C=O) groups excluding carboxylic acids is 1. The Morgan fingerprint density at radius 1 is 1.40 bits per heavy atom. The summed E-state index contributed by atoms with van der Waals surface area (Å²) < 4.78 is 5.05. The average molecular weight is 300 g/mol. The molecule has 0 heterocycles. The van der Waals surface area contributed by atoms with E-state index in [2.05, 4.69) is 0 Å². The summed E-state index contributed by atoms with van der Waals surface area (Å²) in [6.45, 7) is 1.87. The highest BCUT2D eigenvalue weighted by molar-refractivity contribution is 6.32. The second-order valence-corrected chi connectivity index (χ2v) is 4.68. The molecule has 0 fully saturated rings. The molecule has 0 aliphatic heterocycles. The molecule has 0 atom stereocenters. The van der Waals surface area contributed by atoms with Crippen LogP contribution in [0.3, 0.4) is 0 Å². The van der Waals surface area contributed by atoms with Crippen LogP contribution >= 0.6 is 11.6 Å². The molecule has 0 aliphatic rings. The summed E-state index contributed by atoms with van der Waals surface area (Å²) in [5.41, 5.74) is 0.913. The molecule has 20 heavy (non-hydrogen) atoms. The zero-order chi connectivity index (χ0) is 15.1. The maximum Gasteiger partial charge on any atom is 0.323 e. The number of halogens is 1. The molecular weight excluding hydrogens is 282 g/mol. The van der Waals surface area contributed by atoms with Crippen molar-refractivity contribution in [2.24, 2.45) is 0 Å². The molecule has 0 aromatic heterocycles. The molecule has 0 bridgehead atoms. The lowest BCUT2D eigenvalue weighted by Crippen LogP contribution is -2.35. The number of carboxylic acid groups (broad SMARTS) is 1. The van der Waals surface area contributed by atoms with Crippen molar-refractivity contribution in [1.82, 2.24) is 4.90 Å². The number of amides is 1. The average Bonchev–Trinajstić information content (AvgIpc) is 2.42. The molecule has 1 aromatic carbocycles. The Kier molecular flexibility index (Phi) is 6.31. The summed E-state index contributed by atoms with van der Waals surface area (Å²) in [6.07, 6.45) is 0.766. The molecule has 0 saturated carbocycles. The molecule has 0 saturated heterocycles. The van der Waals surface area contributed by atoms with Crippen LogP contribution in [0.4, 0.5) is 0 Å². The van der Waals surface area contributed by atoms with E-state index in [1.165, 1.54) is 12.0 Å². The molecule has 1 N–H and O–H groups in total. The number of hydrogen-bond acceptors (Lipinski definition) is 3. The van der Waals surface area contributed by atoms with E-state index in [1.807, 2.05) is 6.07 Å². The lowest BCUT2D eigenvalue weighted by Gasteiger charge is -2.18. The minimum absolute atomic E-state index is 0.179. The van der Waals surface area contributed by atoms with Gasteiger partial charge in [-0.05, 0) is 31.0 Å². The number of aryl methyl sites for hydroxylation is 1. The molecule has 0 unspecified atom stereocenters. The van der Waals surface area contributed by atoms with Crippen molar-refractivity contribution in [3.05, 3.63) is 28.8 Å². The Hall–Kier alpha value is -1.75. The smallest absolute Gasteiger partial charge is 0.323 e. The lowest BCUT2D eigenvalue weighted by molar-refractivity contribution is -0.144. The quantitative estimate of drug-likeness (QED) is 0.838. The molecule has 110 valence electrons. The number of hydrogen-bond donors (Lipinski definition) is 1. The van der Waals surface area contributed by atoms with E-state index in [4.69, 9.17) is 21.4 Å². The number of likely N-dealkylation sites (N-methyl/N-ethyl adjacent to an activating group) is 1. The van der Waals surface area contributed by atoms with Gasteiger partial charge in [0.15, 0.2) is 0 Å². The van der Waals surface area contributed by atoms with Gasteiger partial charge in [0.1, 0.15) is 12.3 Å². The number of benzene rings is 1. The summed E-state index contributed by atoms with van der Waals surface area (Å²) in [4.78, 5) is 23.8. The van der Waals surface area contributed by atoms with E-state index in [0.29, 0.717) is 23.7 Å². The fourth-order valence-corrected chi connectivity index (χ4v) is 2.09. The van der Waals surface area contributed by atoms with E-state index in [0.717, 1.165) is 5.56 Å². The summed E-state index contributed by atoms with van der Waals surface area (Å²) in [5.74, 6) is -0.600. The first-order valence-corrected chi connectivity index (χ1v) is 6.67. The van der Waals surface area contributed by atoms with Gasteiger partial charge in [0, 0.05) is 13.0 Å². The Labute approximate surface area is 123 Å². The van der Waals surface area contributed by atoms with Crippen LogP contribution in [0.25, 0.3) is 0 Å². The predicted molar refractivity (Wildman–Crippen MR) is 76.2 cm³/mol. The Morgan fingerprint density at radius 3 is 2.60 bits per heavy atom. The van der Waals surface area contributed by atoms with E-state index >= 15 is 0 Å². The summed E-state index contributed by atoms with van der Waals surface area (Å²) in [6, 6.07) is 5.34. The van der Waals surface area contributed by atoms with Crippen molar-refractivity contribution in [1.29, 1.82) is 0 Å². The minimum atomic E-state index is -1.01. The van der Waals surface area contributed by atoms with Crippen molar-refractivity contribution in [2.45, 2.75) is 19.8 Å². The Bertz CT molecular complexity index is 490. The van der Waals surface area contributed by atoms with Gasteiger partial charge in [0.25, 0.3) is 0 Å². The molecular formula is C14H18ClNO4. The maximum atomic E-state index is 11.9. The number of nitrogens with zero attached hydrogens (tertiary/aromatic N) is 1. The fraction of sp³-hybridized carbons (Fsp3) is 0.429. The lowest BCUT2D eigenvalue weighted by atomic mass is 10.1. The van der Waals surface area contributed by atoms with Crippen LogP contribution in [0.5, 0.6) is 5.75 Å². The van der Waals surface area contributed by atoms with Crippen LogP contribution in [-0.4, -0.2) is 42.1 Å². The fourth-order valence-electron chi connectivity index (χ4n) is 1.81. The summed E-state index contributed by atoms with van der Waals surface area (Å²) in [5, 5.41) is 9.21. The second-order valence-electron chi connectivity index (χ2n) is 4.27. The van der Waals surface area contributed by atoms with Crippen LogP contribution in [0, 0.1) is 0 Å². The van der Waals surface area contributed by atoms with Crippen molar-refractivity contribution >= 4 is 23.5 Å². The first kappa shape index (κ1) is 16.3. The van der Waals surface area contributed by atoms with E-state index in [9.17, 15) is 9.59 Å². The van der Waals surface area contributed by atoms with Crippen molar-refractivity contribution in [2.75, 3.05) is 20.2 Å². The van der Waals surface area contributed by atoms with Gasteiger partial charge in [-0.1, -0.05) is 17.7 Å². The van der Waals surface area contributed by atoms with Gasteiger partial charge in [-0.15, -0.1) is 0 Å². The predicted octanol–water partition coefficient (Wildman–Crippen LogP) is 2.21. The van der Waals surface area contributed by atoms with Crippen LogP contribution in [0.2, 0.25) is 5.02 Å². The van der Waals surface area contributed by atoms with Gasteiger partial charge >= 0.3 is 5.97 Å². The van der Waals surface area contributed by atoms with E-state index in [-0.39, 0.29) is 18.9 Å². The van der Waals surface area contributed by atoms with Crippen LogP contribution in [0.1, 0.15) is 18.9 Å². The zero-order valence-corrected chi connectivity index (χ0v) is 12.3. The Balaban J connectivity index is 2.59. The third-order valence-electron chi connectivity index (χ3n) is 2.90. The monoisotopic (exact) mass is 299 g/mol. The van der Waals surface area contributed by atoms with Gasteiger partial charge < -0.3 is 14.7 Å². The van der Waals surface area contributed by atoms with Crippen LogP contribution in [0.15, 0.2) is 18.2 Å². The molecule has 0 spiro atoms. The zero-order valence-electron chi connectivity index (χ0n) is 11.6. The van der Waals surface area contributed by atoms with Gasteiger partial charge in [-0.25, -0.2) is 0 Å². The van der Waals surface area contributed by atoms with Crippen molar-refractivity contribution < 1.29 is 19.4 Å². The molecule has 0 radical (unpaired) electrons. The maximum absolute atomic E-state index is 11.9. The first-order valence-electron chi connectivity index (χ1n) is 6.30. The van der Waals surface area contributed by atoms with Crippen LogP contribution < -0.4 is 4.74 Å². The molecule has 1 rings (SSSR count). The standard InChI is InChI=1S/C14H18ClNO4/c1-3-16(9-14(18)19)13(17)7-5-10-4-6-12(20-2)11(15)8-10/h4,6,8H,3,5,7,9H2,1-2H3,(H,18,19). The Morgan fingerprint density at radius 2 is 2.10 bits per heavy atom. The number of carboxylic acids is 1. The number of methoxy groups -OCH3 is 1.